The van der Waals surface area contributed by atoms with Gasteiger partial charge in [0.1, 0.15) is 0 Å². The fraction of sp³-hybridized carbons (Fsp3) is 0.385. The second kappa shape index (κ2) is 3.17. The van der Waals surface area contributed by atoms with Gasteiger partial charge in [-0.25, -0.2) is 0 Å². The monoisotopic (exact) mass is 215 g/mol. The molecular weight excluding hydrogens is 202 g/mol. The first-order valence-electron chi connectivity index (χ1n) is 5.63. The Morgan fingerprint density at radius 3 is 2.12 bits per heavy atom. The SMILES string of the molecule is C[C@@H]1C[C@@H]1CN1C(=O)c2ccccc2C1=O. The van der Waals surface area contributed by atoms with Crippen LogP contribution in [-0.2, 0) is 0 Å². The molecule has 0 unspecified atom stereocenters. The lowest BCUT2D eigenvalue weighted by atomic mass is 10.1. The second-order valence-corrected chi connectivity index (χ2v) is 4.74. The number of nitrogens with zero attached hydrogens (tertiary/aromatic N) is 1. The van der Waals surface area contributed by atoms with E-state index in [1.807, 2.05) is 0 Å². The third kappa shape index (κ3) is 1.28. The molecular formula is C13H13NO2. The molecule has 0 spiro atoms. The molecule has 3 heteroatoms. The summed E-state index contributed by atoms with van der Waals surface area (Å²) in [5, 5.41) is 0. The summed E-state index contributed by atoms with van der Waals surface area (Å²) >= 11 is 0. The van der Waals surface area contributed by atoms with Crippen LogP contribution in [0, 0.1) is 11.8 Å². The number of imide groups is 1. The van der Waals surface area contributed by atoms with Crippen molar-refractivity contribution in [2.75, 3.05) is 6.54 Å². The van der Waals surface area contributed by atoms with Crippen molar-refractivity contribution in [2.24, 2.45) is 11.8 Å². The Hall–Kier alpha value is -1.64. The Labute approximate surface area is 94.1 Å². The average Bonchev–Trinajstić information content (AvgIpc) is 2.94. The van der Waals surface area contributed by atoms with Gasteiger partial charge >= 0.3 is 0 Å². The van der Waals surface area contributed by atoms with Gasteiger partial charge in [0.2, 0.25) is 0 Å². The van der Waals surface area contributed by atoms with Crippen LogP contribution in [0.5, 0.6) is 0 Å². The van der Waals surface area contributed by atoms with Crippen LogP contribution >= 0.6 is 0 Å². The van der Waals surface area contributed by atoms with Crippen molar-refractivity contribution in [3.8, 4) is 0 Å². The van der Waals surface area contributed by atoms with E-state index < -0.39 is 0 Å². The smallest absolute Gasteiger partial charge is 0.261 e. The van der Waals surface area contributed by atoms with E-state index in [0.717, 1.165) is 6.42 Å². The van der Waals surface area contributed by atoms with Gasteiger partial charge in [-0.15, -0.1) is 0 Å². The number of amides is 2. The van der Waals surface area contributed by atoms with E-state index in [-0.39, 0.29) is 11.8 Å². The topological polar surface area (TPSA) is 37.4 Å². The van der Waals surface area contributed by atoms with Gasteiger partial charge in [-0.3, -0.25) is 14.5 Å². The molecule has 1 aromatic rings. The number of carbonyl (C=O) groups is 2. The quantitative estimate of drug-likeness (QED) is 0.707. The van der Waals surface area contributed by atoms with Gasteiger partial charge in [0, 0.05) is 6.54 Å². The molecule has 2 amide bonds. The predicted molar refractivity (Wildman–Crippen MR) is 59.1 cm³/mol. The zero-order valence-corrected chi connectivity index (χ0v) is 9.14. The molecule has 1 fully saturated rings. The van der Waals surface area contributed by atoms with Gasteiger partial charge in [-0.05, 0) is 30.4 Å². The van der Waals surface area contributed by atoms with Crippen molar-refractivity contribution < 1.29 is 9.59 Å². The van der Waals surface area contributed by atoms with Crippen molar-refractivity contribution >= 4 is 11.8 Å². The summed E-state index contributed by atoms with van der Waals surface area (Å²) in [6.07, 6.45) is 1.13. The van der Waals surface area contributed by atoms with Gasteiger partial charge in [-0.2, -0.15) is 0 Å². The third-order valence-corrected chi connectivity index (χ3v) is 3.57. The molecule has 3 rings (SSSR count). The number of carbonyl (C=O) groups excluding carboxylic acids is 2. The molecule has 0 aromatic heterocycles. The van der Waals surface area contributed by atoms with E-state index in [1.54, 1.807) is 24.3 Å². The third-order valence-electron chi connectivity index (χ3n) is 3.57. The van der Waals surface area contributed by atoms with Gasteiger partial charge in [0.25, 0.3) is 11.8 Å². The van der Waals surface area contributed by atoms with Crippen LogP contribution in [0.25, 0.3) is 0 Å². The molecule has 1 saturated carbocycles. The minimum absolute atomic E-state index is 0.125. The molecule has 0 N–H and O–H groups in total. The van der Waals surface area contributed by atoms with Crippen LogP contribution in [0.1, 0.15) is 34.1 Å². The summed E-state index contributed by atoms with van der Waals surface area (Å²) in [4.78, 5) is 25.4. The molecule has 0 bridgehead atoms. The number of benzene rings is 1. The number of fused-ring (bicyclic) bond motifs is 1. The fourth-order valence-electron chi connectivity index (χ4n) is 2.29. The Morgan fingerprint density at radius 1 is 1.19 bits per heavy atom. The summed E-state index contributed by atoms with van der Waals surface area (Å²) < 4.78 is 0. The molecule has 2 atom stereocenters. The van der Waals surface area contributed by atoms with Crippen LogP contribution in [-0.4, -0.2) is 23.3 Å². The summed E-state index contributed by atoms with van der Waals surface area (Å²) in [7, 11) is 0. The van der Waals surface area contributed by atoms with Crippen molar-refractivity contribution in [3.63, 3.8) is 0 Å². The van der Waals surface area contributed by atoms with E-state index in [9.17, 15) is 9.59 Å². The van der Waals surface area contributed by atoms with Crippen LogP contribution in [0.2, 0.25) is 0 Å². The lowest BCUT2D eigenvalue weighted by molar-refractivity contribution is 0.0645. The maximum absolute atomic E-state index is 12.0. The molecule has 2 aliphatic rings. The summed E-state index contributed by atoms with van der Waals surface area (Å²) in [5.41, 5.74) is 1.11. The van der Waals surface area contributed by atoms with E-state index in [4.69, 9.17) is 0 Å². The highest BCUT2D eigenvalue weighted by Gasteiger charge is 2.41. The Morgan fingerprint density at radius 2 is 1.69 bits per heavy atom. The highest BCUT2D eigenvalue weighted by atomic mass is 16.2. The maximum atomic E-state index is 12.0. The largest absolute Gasteiger partial charge is 0.274 e. The van der Waals surface area contributed by atoms with E-state index in [1.165, 1.54) is 4.90 Å². The van der Waals surface area contributed by atoms with Crippen LogP contribution in [0.3, 0.4) is 0 Å². The van der Waals surface area contributed by atoms with Crippen LogP contribution in [0.4, 0.5) is 0 Å². The van der Waals surface area contributed by atoms with Crippen LogP contribution in [0.15, 0.2) is 24.3 Å². The zero-order chi connectivity index (χ0) is 11.3. The standard InChI is InChI=1S/C13H13NO2/c1-8-6-9(8)7-14-12(15)10-4-2-3-5-11(10)13(14)16/h2-5,8-9H,6-7H2,1H3/t8-,9-/m1/s1. The lowest BCUT2D eigenvalue weighted by Gasteiger charge is -2.12. The van der Waals surface area contributed by atoms with Gasteiger partial charge < -0.3 is 0 Å². The lowest BCUT2D eigenvalue weighted by Crippen LogP contribution is -2.31. The molecule has 0 saturated heterocycles. The molecule has 82 valence electrons. The highest BCUT2D eigenvalue weighted by molar-refractivity contribution is 6.21. The second-order valence-electron chi connectivity index (χ2n) is 4.74. The molecule has 1 aliphatic heterocycles. The molecule has 1 aromatic carbocycles. The Balaban J connectivity index is 1.89. The molecule has 1 aliphatic carbocycles. The minimum atomic E-state index is -0.125. The zero-order valence-electron chi connectivity index (χ0n) is 9.14. The van der Waals surface area contributed by atoms with E-state index in [2.05, 4.69) is 6.92 Å². The summed E-state index contributed by atoms with van der Waals surface area (Å²) in [5.74, 6) is 0.922. The van der Waals surface area contributed by atoms with Crippen molar-refractivity contribution in [2.45, 2.75) is 13.3 Å². The normalized spacial score (nSPS) is 27.2. The first kappa shape index (κ1) is 9.58. The number of hydrogen-bond donors (Lipinski definition) is 0. The maximum Gasteiger partial charge on any atom is 0.261 e. The first-order chi connectivity index (χ1) is 7.68. The van der Waals surface area contributed by atoms with Crippen molar-refractivity contribution in [3.05, 3.63) is 35.4 Å². The number of rotatable bonds is 2. The average molecular weight is 215 g/mol. The van der Waals surface area contributed by atoms with Crippen LogP contribution < -0.4 is 0 Å². The Kier molecular flexibility index (Phi) is 1.90. The van der Waals surface area contributed by atoms with Crippen molar-refractivity contribution in [1.29, 1.82) is 0 Å². The van der Waals surface area contributed by atoms with Gasteiger partial charge in [0.15, 0.2) is 0 Å². The molecule has 3 nitrogen and oxygen atoms in total. The van der Waals surface area contributed by atoms with E-state index in [0.29, 0.717) is 29.5 Å². The Bertz CT molecular complexity index is 446. The minimum Gasteiger partial charge on any atom is -0.274 e. The summed E-state index contributed by atoms with van der Waals surface area (Å²) in [6.45, 7) is 2.75. The number of hydrogen-bond acceptors (Lipinski definition) is 2. The fourth-order valence-corrected chi connectivity index (χ4v) is 2.29. The van der Waals surface area contributed by atoms with E-state index >= 15 is 0 Å². The predicted octanol–water partition coefficient (Wildman–Crippen LogP) is 1.94. The van der Waals surface area contributed by atoms with Gasteiger partial charge in [0.05, 0.1) is 11.1 Å². The molecule has 16 heavy (non-hydrogen) atoms. The van der Waals surface area contributed by atoms with Gasteiger partial charge in [-0.1, -0.05) is 19.1 Å². The molecule has 0 radical (unpaired) electrons. The first-order valence-corrected chi connectivity index (χ1v) is 5.63. The highest BCUT2D eigenvalue weighted by Crippen LogP contribution is 2.39. The van der Waals surface area contributed by atoms with Crippen molar-refractivity contribution in [1.82, 2.24) is 4.90 Å². The molecule has 1 heterocycles. The summed E-state index contributed by atoms with van der Waals surface area (Å²) in [6, 6.07) is 7.05.